The van der Waals surface area contributed by atoms with Crippen molar-refractivity contribution in [2.24, 2.45) is 4.99 Å². The number of hydrogen-bond donors (Lipinski definition) is 3. The molecule has 0 aliphatic heterocycles. The van der Waals surface area contributed by atoms with E-state index in [1.807, 2.05) is 30.5 Å². The van der Waals surface area contributed by atoms with Gasteiger partial charge < -0.3 is 25.3 Å². The molecule has 0 saturated heterocycles. The second-order valence-electron chi connectivity index (χ2n) is 7.66. The average molecular weight is 440 g/mol. The minimum atomic E-state index is -0.254. The van der Waals surface area contributed by atoms with E-state index in [0.717, 1.165) is 28.6 Å². The van der Waals surface area contributed by atoms with Gasteiger partial charge in [-0.1, -0.05) is 12.1 Å². The largest absolute Gasteiger partial charge is 0.497 e. The van der Waals surface area contributed by atoms with Crippen LogP contribution in [0.25, 0.3) is 10.9 Å². The molecule has 3 rings (SSSR count). The highest BCUT2D eigenvalue weighted by atomic mass is 19.1. The average Bonchev–Trinajstić information content (AvgIpc) is 3.19. The van der Waals surface area contributed by atoms with E-state index >= 15 is 0 Å². The summed E-state index contributed by atoms with van der Waals surface area (Å²) in [7, 11) is 5.06. The molecule has 0 unspecified atom stereocenters. The molecule has 170 valence electrons. The molecule has 0 spiro atoms. The van der Waals surface area contributed by atoms with Gasteiger partial charge in [0.05, 0.1) is 7.11 Å². The Bertz CT molecular complexity index is 1060. The van der Waals surface area contributed by atoms with Gasteiger partial charge in [-0.25, -0.2) is 9.38 Å². The van der Waals surface area contributed by atoms with Crippen molar-refractivity contribution in [2.75, 3.05) is 40.8 Å². The number of carbonyl (C=O) groups excluding carboxylic acids is 1. The molecular weight excluding hydrogens is 409 g/mol. The van der Waals surface area contributed by atoms with Crippen molar-refractivity contribution in [1.82, 2.24) is 20.5 Å². The van der Waals surface area contributed by atoms with E-state index in [1.54, 1.807) is 33.3 Å². The summed E-state index contributed by atoms with van der Waals surface area (Å²) in [6.07, 6.45) is 3.38. The lowest BCUT2D eigenvalue weighted by molar-refractivity contribution is -0.127. The van der Waals surface area contributed by atoms with Crippen LogP contribution in [0.3, 0.4) is 0 Å². The fourth-order valence-electron chi connectivity index (χ4n) is 3.25. The number of ether oxygens (including phenoxy) is 1. The summed E-state index contributed by atoms with van der Waals surface area (Å²) in [4.78, 5) is 21.0. The molecule has 0 saturated carbocycles. The molecule has 3 N–H and O–H groups in total. The van der Waals surface area contributed by atoms with Crippen molar-refractivity contribution in [3.8, 4) is 5.75 Å². The zero-order valence-corrected chi connectivity index (χ0v) is 18.7. The number of hydrogen-bond acceptors (Lipinski definition) is 3. The van der Waals surface area contributed by atoms with E-state index in [4.69, 9.17) is 4.74 Å². The molecule has 0 aliphatic carbocycles. The van der Waals surface area contributed by atoms with Gasteiger partial charge in [-0.3, -0.25) is 4.79 Å². The van der Waals surface area contributed by atoms with Gasteiger partial charge >= 0.3 is 0 Å². The predicted molar refractivity (Wildman–Crippen MR) is 126 cm³/mol. The SMILES string of the molecule is COc1ccc(CCNC(=NCC(=O)N(C)C)NCCc2c[nH]c3ccc(F)cc23)cc1. The van der Waals surface area contributed by atoms with Crippen LogP contribution in [-0.4, -0.2) is 62.6 Å². The molecule has 0 atom stereocenters. The number of aromatic nitrogens is 1. The second-order valence-corrected chi connectivity index (χ2v) is 7.66. The molecule has 0 fully saturated rings. The number of fused-ring (bicyclic) bond motifs is 1. The standard InChI is InChI=1S/C24H30FN5O2/c1-30(2)23(31)16-29-24(26-12-10-17-4-7-20(32-3)8-5-17)27-13-11-18-15-28-22-9-6-19(25)14-21(18)22/h4-9,14-15,28H,10-13,16H2,1-3H3,(H2,26,27,29). The lowest BCUT2D eigenvalue weighted by Crippen LogP contribution is -2.40. The fourth-order valence-corrected chi connectivity index (χ4v) is 3.25. The van der Waals surface area contributed by atoms with Gasteiger partial charge in [0.2, 0.25) is 5.91 Å². The van der Waals surface area contributed by atoms with Crippen molar-refractivity contribution in [1.29, 1.82) is 0 Å². The van der Waals surface area contributed by atoms with Gasteiger partial charge in [-0.15, -0.1) is 0 Å². The minimum absolute atomic E-state index is 0.0587. The van der Waals surface area contributed by atoms with Crippen LogP contribution in [-0.2, 0) is 17.6 Å². The number of H-pyrrole nitrogens is 1. The summed E-state index contributed by atoms with van der Waals surface area (Å²) >= 11 is 0. The zero-order chi connectivity index (χ0) is 22.9. The Labute approximate surface area is 187 Å². The van der Waals surface area contributed by atoms with E-state index in [1.165, 1.54) is 16.5 Å². The lowest BCUT2D eigenvalue weighted by Gasteiger charge is -2.14. The number of likely N-dealkylation sites (N-methyl/N-ethyl adjacent to an activating group) is 1. The fraction of sp³-hybridized carbons (Fsp3) is 0.333. The van der Waals surface area contributed by atoms with Crippen molar-refractivity contribution < 1.29 is 13.9 Å². The maximum Gasteiger partial charge on any atom is 0.243 e. The second kappa shape index (κ2) is 11.2. The molecule has 1 aromatic heterocycles. The lowest BCUT2D eigenvalue weighted by atomic mass is 10.1. The van der Waals surface area contributed by atoms with Crippen molar-refractivity contribution in [2.45, 2.75) is 12.8 Å². The third-order valence-electron chi connectivity index (χ3n) is 5.15. The summed E-state index contributed by atoms with van der Waals surface area (Å²) in [6.45, 7) is 1.31. The third kappa shape index (κ3) is 6.47. The zero-order valence-electron chi connectivity index (χ0n) is 18.7. The molecule has 7 nitrogen and oxygen atoms in total. The van der Waals surface area contributed by atoms with Crippen LogP contribution in [0.4, 0.5) is 4.39 Å². The van der Waals surface area contributed by atoms with E-state index in [0.29, 0.717) is 25.5 Å². The molecule has 0 bridgehead atoms. The first kappa shape index (κ1) is 23.1. The van der Waals surface area contributed by atoms with Gasteiger partial charge in [-0.2, -0.15) is 0 Å². The predicted octanol–water partition coefficient (Wildman–Crippen LogP) is 2.72. The normalized spacial score (nSPS) is 11.4. The molecule has 32 heavy (non-hydrogen) atoms. The number of carbonyl (C=O) groups is 1. The van der Waals surface area contributed by atoms with E-state index in [-0.39, 0.29) is 18.3 Å². The molecule has 1 heterocycles. The van der Waals surface area contributed by atoms with Gasteiger partial charge in [0.1, 0.15) is 18.1 Å². The number of benzene rings is 2. The molecule has 2 aromatic carbocycles. The van der Waals surface area contributed by atoms with Crippen molar-refractivity contribution >= 4 is 22.8 Å². The smallest absolute Gasteiger partial charge is 0.243 e. The van der Waals surface area contributed by atoms with Crippen LogP contribution in [0.5, 0.6) is 5.75 Å². The highest BCUT2D eigenvalue weighted by Gasteiger charge is 2.07. The number of rotatable bonds is 9. The Morgan fingerprint density at radius 2 is 1.81 bits per heavy atom. The minimum Gasteiger partial charge on any atom is -0.497 e. The van der Waals surface area contributed by atoms with Crippen molar-refractivity contribution in [3.63, 3.8) is 0 Å². The number of halogens is 1. The van der Waals surface area contributed by atoms with Gasteiger partial charge in [0.25, 0.3) is 0 Å². The molecule has 8 heteroatoms. The summed E-state index contributed by atoms with van der Waals surface area (Å²) in [5, 5.41) is 7.44. The maximum atomic E-state index is 13.6. The monoisotopic (exact) mass is 439 g/mol. The third-order valence-corrected chi connectivity index (χ3v) is 5.15. The Hall–Kier alpha value is -3.55. The van der Waals surface area contributed by atoms with Gasteiger partial charge in [0, 0.05) is 44.3 Å². The Kier molecular flexibility index (Phi) is 8.08. The molecule has 0 aliphatic rings. The van der Waals surface area contributed by atoms with E-state index in [9.17, 15) is 9.18 Å². The summed E-state index contributed by atoms with van der Waals surface area (Å²) in [6, 6.07) is 12.6. The summed E-state index contributed by atoms with van der Waals surface area (Å²) < 4.78 is 18.8. The molecule has 0 radical (unpaired) electrons. The van der Waals surface area contributed by atoms with Crippen LogP contribution < -0.4 is 15.4 Å². The number of aromatic amines is 1. The molecule has 1 amide bonds. The summed E-state index contributed by atoms with van der Waals surface area (Å²) in [5.74, 6) is 1.06. The maximum absolute atomic E-state index is 13.6. The van der Waals surface area contributed by atoms with Crippen LogP contribution in [0.1, 0.15) is 11.1 Å². The van der Waals surface area contributed by atoms with Gasteiger partial charge in [-0.05, 0) is 54.3 Å². The Morgan fingerprint density at radius 1 is 1.09 bits per heavy atom. The van der Waals surface area contributed by atoms with Crippen molar-refractivity contribution in [3.05, 3.63) is 65.6 Å². The van der Waals surface area contributed by atoms with E-state index in [2.05, 4.69) is 20.6 Å². The van der Waals surface area contributed by atoms with Crippen LogP contribution >= 0.6 is 0 Å². The Balaban J connectivity index is 1.58. The van der Waals surface area contributed by atoms with Gasteiger partial charge in [0.15, 0.2) is 5.96 Å². The Morgan fingerprint density at radius 3 is 2.50 bits per heavy atom. The molecular formula is C24H30FN5O2. The quantitative estimate of drug-likeness (QED) is 0.354. The highest BCUT2D eigenvalue weighted by Crippen LogP contribution is 2.19. The van der Waals surface area contributed by atoms with Crippen LogP contribution in [0.15, 0.2) is 53.7 Å². The molecule has 3 aromatic rings. The number of nitrogens with one attached hydrogen (secondary N) is 3. The van der Waals surface area contributed by atoms with Crippen LogP contribution in [0, 0.1) is 5.82 Å². The summed E-state index contributed by atoms with van der Waals surface area (Å²) in [5.41, 5.74) is 3.10. The van der Waals surface area contributed by atoms with E-state index < -0.39 is 0 Å². The first-order valence-corrected chi connectivity index (χ1v) is 10.6. The topological polar surface area (TPSA) is 81.8 Å². The van der Waals surface area contributed by atoms with Crippen LogP contribution in [0.2, 0.25) is 0 Å². The number of guanidine groups is 1. The first-order valence-electron chi connectivity index (χ1n) is 10.6. The number of methoxy groups -OCH3 is 1. The number of nitrogens with zero attached hydrogens (tertiary/aromatic N) is 2. The number of amides is 1. The highest BCUT2D eigenvalue weighted by molar-refractivity contribution is 5.85. The number of aliphatic imine (C=N–C) groups is 1. The first-order chi connectivity index (χ1) is 15.5.